The number of carbonyl (C=O) groups is 1. The lowest BCUT2D eigenvalue weighted by atomic mass is 10.1. The minimum Gasteiger partial charge on any atom is -0.444 e. The largest absolute Gasteiger partial charge is 0.444 e. The fourth-order valence-electron chi connectivity index (χ4n) is 3.82. The summed E-state index contributed by atoms with van der Waals surface area (Å²) < 4.78 is 5.56. The van der Waals surface area contributed by atoms with Crippen LogP contribution in [0.1, 0.15) is 38.3 Å². The first-order valence-electron chi connectivity index (χ1n) is 9.30. The molecule has 1 saturated heterocycles. The van der Waals surface area contributed by atoms with Gasteiger partial charge in [0.05, 0.1) is 12.7 Å². The predicted molar refractivity (Wildman–Crippen MR) is 99.6 cm³/mol. The molecule has 1 unspecified atom stereocenters. The third-order valence-corrected chi connectivity index (χ3v) is 4.95. The van der Waals surface area contributed by atoms with Gasteiger partial charge in [-0.05, 0) is 64.8 Å². The van der Waals surface area contributed by atoms with Gasteiger partial charge in [-0.1, -0.05) is 24.3 Å². The van der Waals surface area contributed by atoms with Crippen LogP contribution in [-0.2, 0) is 17.6 Å². The molecule has 25 heavy (non-hydrogen) atoms. The Morgan fingerprint density at radius 1 is 1.24 bits per heavy atom. The van der Waals surface area contributed by atoms with Crippen LogP contribution in [0.5, 0.6) is 0 Å². The number of rotatable bonds is 4. The molecule has 138 valence electrons. The summed E-state index contributed by atoms with van der Waals surface area (Å²) in [6.45, 7) is 8.23. The molecule has 3 rings (SSSR count). The first kappa shape index (κ1) is 18.2. The Morgan fingerprint density at radius 3 is 2.48 bits per heavy atom. The summed E-state index contributed by atoms with van der Waals surface area (Å²) in [6, 6.07) is 9.44. The Morgan fingerprint density at radius 2 is 1.88 bits per heavy atom. The van der Waals surface area contributed by atoms with E-state index in [4.69, 9.17) is 4.74 Å². The molecule has 0 saturated carbocycles. The summed E-state index contributed by atoms with van der Waals surface area (Å²) in [4.78, 5) is 16.5. The number of carbonyl (C=O) groups excluding carboxylic acids is 1. The first-order valence-corrected chi connectivity index (χ1v) is 9.30. The van der Waals surface area contributed by atoms with Crippen molar-refractivity contribution in [2.24, 2.45) is 0 Å². The quantitative estimate of drug-likeness (QED) is 0.911. The molecule has 0 radical (unpaired) electrons. The highest BCUT2D eigenvalue weighted by atomic mass is 16.6. The number of hydrogen-bond acceptors (Lipinski definition) is 4. The van der Waals surface area contributed by atoms with E-state index in [1.54, 1.807) is 0 Å². The first-order chi connectivity index (χ1) is 11.8. The number of amides is 1. The van der Waals surface area contributed by atoms with Crippen molar-refractivity contribution in [1.82, 2.24) is 15.1 Å². The predicted octanol–water partition coefficient (Wildman–Crippen LogP) is 2.64. The van der Waals surface area contributed by atoms with Crippen LogP contribution in [-0.4, -0.2) is 60.4 Å². The molecule has 0 aromatic heterocycles. The topological polar surface area (TPSA) is 44.8 Å². The van der Waals surface area contributed by atoms with Gasteiger partial charge in [-0.3, -0.25) is 9.80 Å². The molecule has 0 bridgehead atoms. The molecular formula is C20H31N3O2. The van der Waals surface area contributed by atoms with Gasteiger partial charge in [-0.2, -0.15) is 0 Å². The van der Waals surface area contributed by atoms with Gasteiger partial charge in [0.1, 0.15) is 5.60 Å². The van der Waals surface area contributed by atoms with Crippen molar-refractivity contribution >= 4 is 6.09 Å². The van der Waals surface area contributed by atoms with Crippen LogP contribution in [0.2, 0.25) is 0 Å². The van der Waals surface area contributed by atoms with Gasteiger partial charge in [-0.15, -0.1) is 0 Å². The summed E-state index contributed by atoms with van der Waals surface area (Å²) in [7, 11) is 2.05. The second kappa shape index (κ2) is 7.34. The summed E-state index contributed by atoms with van der Waals surface area (Å²) in [5.41, 5.74) is 2.49. The van der Waals surface area contributed by atoms with Crippen LogP contribution in [0.4, 0.5) is 4.79 Å². The maximum Gasteiger partial charge on any atom is 0.411 e. The van der Waals surface area contributed by atoms with Gasteiger partial charge < -0.3 is 10.1 Å². The minimum atomic E-state index is -0.448. The third-order valence-electron chi connectivity index (χ3n) is 4.95. The van der Waals surface area contributed by atoms with Crippen molar-refractivity contribution in [3.05, 3.63) is 35.4 Å². The van der Waals surface area contributed by atoms with Crippen LogP contribution >= 0.6 is 0 Å². The standard InChI is InChI=1S/C20H31N3O2/c1-20(2,3)25-19(24)23-14-22(4)13-18(23)9-10-21-17-11-15-7-5-6-8-16(15)12-17/h5-8,17-18,21H,9-14H2,1-4H3. The molecular weight excluding hydrogens is 314 g/mol. The lowest BCUT2D eigenvalue weighted by Crippen LogP contribution is -2.42. The van der Waals surface area contributed by atoms with E-state index >= 15 is 0 Å². The maximum atomic E-state index is 12.4. The van der Waals surface area contributed by atoms with Crippen LogP contribution in [0.15, 0.2) is 24.3 Å². The van der Waals surface area contributed by atoms with Crippen molar-refractivity contribution in [3.8, 4) is 0 Å². The second-order valence-corrected chi connectivity index (χ2v) is 8.40. The minimum absolute atomic E-state index is 0.199. The van der Waals surface area contributed by atoms with Gasteiger partial charge in [0.25, 0.3) is 0 Å². The smallest absolute Gasteiger partial charge is 0.411 e. The summed E-state index contributed by atoms with van der Waals surface area (Å²) in [5.74, 6) is 0. The van der Waals surface area contributed by atoms with Gasteiger partial charge in [0, 0.05) is 12.6 Å². The van der Waals surface area contributed by atoms with E-state index in [1.807, 2.05) is 25.7 Å². The number of benzene rings is 1. The zero-order valence-corrected chi connectivity index (χ0v) is 15.9. The zero-order valence-electron chi connectivity index (χ0n) is 15.9. The SMILES string of the molecule is CN1CC(CCNC2Cc3ccccc3C2)N(C(=O)OC(C)(C)C)C1. The van der Waals surface area contributed by atoms with Crippen molar-refractivity contribution in [1.29, 1.82) is 0 Å². The van der Waals surface area contributed by atoms with Gasteiger partial charge in [-0.25, -0.2) is 4.79 Å². The monoisotopic (exact) mass is 345 g/mol. The molecule has 2 aliphatic rings. The second-order valence-electron chi connectivity index (χ2n) is 8.40. The molecule has 1 aromatic rings. The van der Waals surface area contributed by atoms with E-state index in [2.05, 4.69) is 41.5 Å². The number of nitrogens with zero attached hydrogens (tertiary/aromatic N) is 2. The molecule has 1 atom stereocenters. The molecule has 5 heteroatoms. The van der Waals surface area contributed by atoms with E-state index in [9.17, 15) is 4.79 Å². The van der Waals surface area contributed by atoms with Crippen LogP contribution in [0.25, 0.3) is 0 Å². The zero-order chi connectivity index (χ0) is 18.0. The molecule has 1 fully saturated rings. The number of nitrogens with one attached hydrogen (secondary N) is 1. The Bertz CT molecular complexity index is 586. The molecule has 1 aliphatic carbocycles. The summed E-state index contributed by atoms with van der Waals surface area (Å²) >= 11 is 0. The van der Waals surface area contributed by atoms with Crippen molar-refractivity contribution in [2.75, 3.05) is 26.8 Å². The van der Waals surface area contributed by atoms with Crippen LogP contribution in [0.3, 0.4) is 0 Å². The molecule has 1 amide bonds. The average molecular weight is 345 g/mol. The van der Waals surface area contributed by atoms with E-state index < -0.39 is 5.60 Å². The van der Waals surface area contributed by atoms with Crippen LogP contribution < -0.4 is 5.32 Å². The maximum absolute atomic E-state index is 12.4. The summed E-state index contributed by atoms with van der Waals surface area (Å²) in [6.07, 6.45) is 2.97. The molecule has 1 heterocycles. The Labute approximate surface area is 151 Å². The van der Waals surface area contributed by atoms with E-state index in [0.29, 0.717) is 12.7 Å². The highest BCUT2D eigenvalue weighted by Gasteiger charge is 2.34. The fraction of sp³-hybridized carbons (Fsp3) is 0.650. The third kappa shape index (κ3) is 4.73. The lowest BCUT2D eigenvalue weighted by molar-refractivity contribution is 0.0205. The van der Waals surface area contributed by atoms with Crippen molar-refractivity contribution in [3.63, 3.8) is 0 Å². The molecule has 0 spiro atoms. The molecule has 5 nitrogen and oxygen atoms in total. The van der Waals surface area contributed by atoms with Crippen molar-refractivity contribution < 1.29 is 9.53 Å². The molecule has 1 N–H and O–H groups in total. The van der Waals surface area contributed by atoms with Gasteiger partial charge >= 0.3 is 6.09 Å². The number of hydrogen-bond donors (Lipinski definition) is 1. The Hall–Kier alpha value is -1.59. The van der Waals surface area contributed by atoms with E-state index in [1.165, 1.54) is 11.1 Å². The lowest BCUT2D eigenvalue weighted by Gasteiger charge is -2.28. The number of likely N-dealkylation sites (N-methyl/N-ethyl adjacent to an activating group) is 1. The average Bonchev–Trinajstić information content (AvgIpc) is 3.08. The Kier molecular flexibility index (Phi) is 5.35. The van der Waals surface area contributed by atoms with E-state index in [0.717, 1.165) is 32.4 Å². The highest BCUT2D eigenvalue weighted by molar-refractivity contribution is 5.68. The number of ether oxygens (including phenoxy) is 1. The van der Waals surface area contributed by atoms with Crippen LogP contribution in [0, 0.1) is 0 Å². The van der Waals surface area contributed by atoms with Gasteiger partial charge in [0.15, 0.2) is 0 Å². The number of fused-ring (bicyclic) bond motifs is 1. The highest BCUT2D eigenvalue weighted by Crippen LogP contribution is 2.22. The normalized spacial score (nSPS) is 21.6. The van der Waals surface area contributed by atoms with E-state index in [-0.39, 0.29) is 12.1 Å². The molecule has 1 aromatic carbocycles. The van der Waals surface area contributed by atoms with Gasteiger partial charge in [0.2, 0.25) is 0 Å². The van der Waals surface area contributed by atoms with Crippen molar-refractivity contribution in [2.45, 2.75) is 57.7 Å². The fourth-order valence-corrected chi connectivity index (χ4v) is 3.82. The summed E-state index contributed by atoms with van der Waals surface area (Å²) in [5, 5.41) is 3.68. The molecule has 1 aliphatic heterocycles. The Balaban J connectivity index is 1.48.